The molecule has 2 heteroatoms. The van der Waals surface area contributed by atoms with Crippen molar-refractivity contribution in [2.24, 2.45) is 0 Å². The van der Waals surface area contributed by atoms with Gasteiger partial charge in [0, 0.05) is 31.2 Å². The highest BCUT2D eigenvalue weighted by Gasteiger charge is 2.33. The van der Waals surface area contributed by atoms with Crippen molar-refractivity contribution in [3.8, 4) is 0 Å². The number of aryl methyl sites for hydroxylation is 1. The van der Waals surface area contributed by atoms with Crippen molar-refractivity contribution >= 4 is 0 Å². The number of nitrogens with zero attached hydrogens (tertiary/aromatic N) is 1. The zero-order valence-electron chi connectivity index (χ0n) is 13.6. The number of nitrogens with one attached hydrogen (secondary N) is 1. The molecule has 0 saturated carbocycles. The first-order valence-corrected chi connectivity index (χ1v) is 8.11. The van der Waals surface area contributed by atoms with E-state index in [1.165, 1.54) is 30.4 Å². The minimum Gasteiger partial charge on any atom is -0.309 e. The number of hydrogen-bond acceptors (Lipinski definition) is 2. The van der Waals surface area contributed by atoms with E-state index in [9.17, 15) is 0 Å². The summed E-state index contributed by atoms with van der Waals surface area (Å²) in [7, 11) is 0. The number of rotatable bonds is 5. The van der Waals surface area contributed by atoms with Crippen LogP contribution >= 0.6 is 0 Å². The summed E-state index contributed by atoms with van der Waals surface area (Å²) in [6.45, 7) is 12.5. The van der Waals surface area contributed by atoms with Crippen molar-refractivity contribution in [1.29, 1.82) is 0 Å². The Bertz CT molecular complexity index is 412. The van der Waals surface area contributed by atoms with Crippen LogP contribution in [0.4, 0.5) is 0 Å². The zero-order valence-corrected chi connectivity index (χ0v) is 13.6. The van der Waals surface area contributed by atoms with E-state index in [0.29, 0.717) is 6.04 Å². The molecule has 1 aliphatic rings. The molecule has 2 rings (SSSR count). The summed E-state index contributed by atoms with van der Waals surface area (Å²) in [5.41, 5.74) is 3.06. The lowest BCUT2D eigenvalue weighted by Crippen LogP contribution is -2.62. The van der Waals surface area contributed by atoms with Crippen molar-refractivity contribution in [2.75, 3.05) is 13.1 Å². The van der Waals surface area contributed by atoms with Gasteiger partial charge in [-0.2, -0.15) is 0 Å². The Hall–Kier alpha value is -0.860. The molecular weight excluding hydrogens is 244 g/mol. The minimum absolute atomic E-state index is 0.273. The van der Waals surface area contributed by atoms with Gasteiger partial charge in [0.05, 0.1) is 0 Å². The standard InChI is InChI=1S/C18H30N2/c1-5-7-17-12-19-18(4,6-2)14-20(17)13-16-10-8-15(3)9-11-16/h8-11,17,19H,5-7,12-14H2,1-4H3. The van der Waals surface area contributed by atoms with Gasteiger partial charge in [0.2, 0.25) is 0 Å². The molecule has 0 aliphatic carbocycles. The fourth-order valence-corrected chi connectivity index (χ4v) is 3.09. The van der Waals surface area contributed by atoms with Gasteiger partial charge in [-0.05, 0) is 32.3 Å². The first-order valence-electron chi connectivity index (χ1n) is 8.11. The number of piperazine rings is 1. The van der Waals surface area contributed by atoms with Gasteiger partial charge in [-0.3, -0.25) is 4.90 Å². The lowest BCUT2D eigenvalue weighted by Gasteiger charge is -2.46. The van der Waals surface area contributed by atoms with Gasteiger partial charge in [0.15, 0.2) is 0 Å². The van der Waals surface area contributed by atoms with Crippen LogP contribution in [-0.2, 0) is 6.54 Å². The smallest absolute Gasteiger partial charge is 0.0278 e. The summed E-state index contributed by atoms with van der Waals surface area (Å²) in [6.07, 6.45) is 3.74. The summed E-state index contributed by atoms with van der Waals surface area (Å²) in [4.78, 5) is 2.69. The molecule has 2 nitrogen and oxygen atoms in total. The van der Waals surface area contributed by atoms with Gasteiger partial charge in [-0.15, -0.1) is 0 Å². The maximum Gasteiger partial charge on any atom is 0.0278 e. The summed E-state index contributed by atoms with van der Waals surface area (Å²) < 4.78 is 0. The molecule has 0 radical (unpaired) electrons. The van der Waals surface area contributed by atoms with E-state index in [2.05, 4.69) is 62.2 Å². The molecule has 1 N–H and O–H groups in total. The van der Waals surface area contributed by atoms with Crippen LogP contribution in [0.25, 0.3) is 0 Å². The summed E-state index contributed by atoms with van der Waals surface area (Å²) in [5.74, 6) is 0. The second-order valence-electron chi connectivity index (χ2n) is 6.63. The van der Waals surface area contributed by atoms with Crippen LogP contribution in [0.1, 0.15) is 51.2 Å². The lowest BCUT2D eigenvalue weighted by molar-refractivity contribution is 0.0726. The predicted molar refractivity (Wildman–Crippen MR) is 87.0 cm³/mol. The molecule has 1 aromatic carbocycles. The van der Waals surface area contributed by atoms with E-state index in [1.807, 2.05) is 0 Å². The zero-order chi connectivity index (χ0) is 14.6. The second-order valence-corrected chi connectivity index (χ2v) is 6.63. The monoisotopic (exact) mass is 274 g/mol. The molecule has 0 spiro atoms. The Kier molecular flexibility index (Phi) is 5.22. The molecule has 112 valence electrons. The first kappa shape index (κ1) is 15.5. The fourth-order valence-electron chi connectivity index (χ4n) is 3.09. The van der Waals surface area contributed by atoms with E-state index in [0.717, 1.165) is 19.6 Å². The Balaban J connectivity index is 2.08. The van der Waals surface area contributed by atoms with Crippen LogP contribution in [0.5, 0.6) is 0 Å². The molecule has 2 atom stereocenters. The molecule has 1 fully saturated rings. The molecule has 1 aromatic rings. The number of benzene rings is 1. The average molecular weight is 274 g/mol. The molecule has 20 heavy (non-hydrogen) atoms. The Morgan fingerprint density at radius 2 is 1.95 bits per heavy atom. The van der Waals surface area contributed by atoms with E-state index in [4.69, 9.17) is 0 Å². The van der Waals surface area contributed by atoms with Gasteiger partial charge in [-0.1, -0.05) is 50.1 Å². The highest BCUT2D eigenvalue weighted by molar-refractivity contribution is 5.21. The first-order chi connectivity index (χ1) is 9.56. The van der Waals surface area contributed by atoms with Crippen LogP contribution in [-0.4, -0.2) is 29.6 Å². The van der Waals surface area contributed by atoms with Crippen molar-refractivity contribution in [1.82, 2.24) is 10.2 Å². The van der Waals surface area contributed by atoms with Gasteiger partial charge >= 0.3 is 0 Å². The van der Waals surface area contributed by atoms with Gasteiger partial charge in [-0.25, -0.2) is 0 Å². The fraction of sp³-hybridized carbons (Fsp3) is 0.667. The highest BCUT2D eigenvalue weighted by Crippen LogP contribution is 2.23. The molecule has 1 saturated heterocycles. The van der Waals surface area contributed by atoms with Crippen LogP contribution in [0.3, 0.4) is 0 Å². The van der Waals surface area contributed by atoms with Gasteiger partial charge in [0.1, 0.15) is 0 Å². The SMILES string of the molecule is CCCC1CNC(C)(CC)CN1Cc1ccc(C)cc1. The minimum atomic E-state index is 0.273. The Labute approximate surface area is 124 Å². The average Bonchev–Trinajstić information content (AvgIpc) is 2.45. The normalized spacial score (nSPS) is 27.7. The third kappa shape index (κ3) is 3.83. The highest BCUT2D eigenvalue weighted by atomic mass is 15.2. The summed E-state index contributed by atoms with van der Waals surface area (Å²) >= 11 is 0. The largest absolute Gasteiger partial charge is 0.309 e. The van der Waals surface area contributed by atoms with E-state index < -0.39 is 0 Å². The lowest BCUT2D eigenvalue weighted by atomic mass is 9.92. The van der Waals surface area contributed by atoms with Crippen molar-refractivity contribution < 1.29 is 0 Å². The second kappa shape index (κ2) is 6.73. The molecule has 2 unspecified atom stereocenters. The van der Waals surface area contributed by atoms with Gasteiger partial charge < -0.3 is 5.32 Å². The molecule has 1 heterocycles. The maximum absolute atomic E-state index is 3.76. The predicted octanol–water partition coefficient (Wildman–Crippen LogP) is 3.74. The van der Waals surface area contributed by atoms with Crippen LogP contribution in [0.15, 0.2) is 24.3 Å². The van der Waals surface area contributed by atoms with E-state index >= 15 is 0 Å². The quantitative estimate of drug-likeness (QED) is 0.880. The van der Waals surface area contributed by atoms with E-state index in [1.54, 1.807) is 0 Å². The molecule has 0 aromatic heterocycles. The summed E-state index contributed by atoms with van der Waals surface area (Å²) in [6, 6.07) is 9.70. The summed E-state index contributed by atoms with van der Waals surface area (Å²) in [5, 5.41) is 3.76. The third-order valence-electron chi connectivity index (χ3n) is 4.74. The van der Waals surface area contributed by atoms with Crippen LogP contribution in [0.2, 0.25) is 0 Å². The van der Waals surface area contributed by atoms with Crippen LogP contribution in [0, 0.1) is 6.92 Å². The maximum atomic E-state index is 3.76. The molecule has 1 aliphatic heterocycles. The van der Waals surface area contributed by atoms with Gasteiger partial charge in [0.25, 0.3) is 0 Å². The van der Waals surface area contributed by atoms with Crippen molar-refractivity contribution in [2.45, 2.75) is 65.1 Å². The van der Waals surface area contributed by atoms with Crippen molar-refractivity contribution in [3.05, 3.63) is 35.4 Å². The Morgan fingerprint density at radius 1 is 1.25 bits per heavy atom. The molecular formula is C18H30N2. The van der Waals surface area contributed by atoms with Crippen molar-refractivity contribution in [3.63, 3.8) is 0 Å². The van der Waals surface area contributed by atoms with Crippen LogP contribution < -0.4 is 5.32 Å². The molecule has 0 bridgehead atoms. The van der Waals surface area contributed by atoms with E-state index in [-0.39, 0.29) is 5.54 Å². The number of hydrogen-bond donors (Lipinski definition) is 1. The Morgan fingerprint density at radius 3 is 2.55 bits per heavy atom. The molecule has 0 amide bonds. The topological polar surface area (TPSA) is 15.3 Å². The third-order valence-corrected chi connectivity index (χ3v) is 4.74.